The van der Waals surface area contributed by atoms with Gasteiger partial charge in [0.15, 0.2) is 0 Å². The summed E-state index contributed by atoms with van der Waals surface area (Å²) < 4.78 is 0. The molecule has 96 valence electrons. The Bertz CT molecular complexity index is 437. The minimum Gasteiger partial charge on any atom is -0.399 e. The van der Waals surface area contributed by atoms with E-state index in [2.05, 4.69) is 5.48 Å². The molecule has 2 rings (SSSR count). The average molecular weight is 246 g/mol. The Hall–Kier alpha value is -1.81. The lowest BCUT2D eigenvalue weighted by Gasteiger charge is -2.09. The van der Waals surface area contributed by atoms with E-state index >= 15 is 0 Å². The summed E-state index contributed by atoms with van der Waals surface area (Å²) in [4.78, 5) is 16.8. The van der Waals surface area contributed by atoms with Gasteiger partial charge in [0.05, 0.1) is 6.10 Å². The van der Waals surface area contributed by atoms with E-state index in [1.165, 1.54) is 18.9 Å². The molecule has 0 bridgehead atoms. The Kier molecular flexibility index (Phi) is 4.36. The van der Waals surface area contributed by atoms with Crippen LogP contribution in [0.4, 0.5) is 5.69 Å². The number of nitrogen functional groups attached to an aromatic ring is 1. The molecule has 1 aromatic carbocycles. The molecule has 0 aliphatic heterocycles. The first-order chi connectivity index (χ1) is 8.74. The zero-order valence-electron chi connectivity index (χ0n) is 10.3. The highest BCUT2D eigenvalue weighted by Crippen LogP contribution is 2.19. The lowest BCUT2D eigenvalue weighted by atomic mass is 10.2. The van der Waals surface area contributed by atoms with Crippen molar-refractivity contribution in [1.29, 1.82) is 0 Å². The number of nitrogens with one attached hydrogen (secondary N) is 1. The van der Waals surface area contributed by atoms with Gasteiger partial charge >= 0.3 is 0 Å². The number of nitrogens with two attached hydrogens (primary N) is 1. The van der Waals surface area contributed by atoms with Crippen molar-refractivity contribution < 1.29 is 9.63 Å². The second-order valence-corrected chi connectivity index (χ2v) is 4.49. The minimum absolute atomic E-state index is 0.176. The van der Waals surface area contributed by atoms with Gasteiger partial charge in [0.2, 0.25) is 0 Å². The first-order valence-electron chi connectivity index (χ1n) is 6.23. The fraction of sp³-hybridized carbons (Fsp3) is 0.357. The number of hydroxylamine groups is 1. The highest BCUT2D eigenvalue weighted by atomic mass is 16.7. The molecule has 1 aliphatic carbocycles. The monoisotopic (exact) mass is 246 g/mol. The van der Waals surface area contributed by atoms with Gasteiger partial charge in [0.1, 0.15) is 0 Å². The van der Waals surface area contributed by atoms with E-state index in [0.29, 0.717) is 5.69 Å². The second kappa shape index (κ2) is 6.21. The van der Waals surface area contributed by atoms with Gasteiger partial charge in [-0.1, -0.05) is 25.0 Å². The number of benzene rings is 1. The lowest BCUT2D eigenvalue weighted by molar-refractivity contribution is -0.132. The normalized spacial score (nSPS) is 16.2. The number of anilines is 1. The van der Waals surface area contributed by atoms with Crippen LogP contribution in [0.5, 0.6) is 0 Å². The van der Waals surface area contributed by atoms with Crippen molar-refractivity contribution in [3.63, 3.8) is 0 Å². The van der Waals surface area contributed by atoms with E-state index in [4.69, 9.17) is 10.6 Å². The largest absolute Gasteiger partial charge is 0.399 e. The number of hydrogen-bond acceptors (Lipinski definition) is 3. The van der Waals surface area contributed by atoms with Crippen LogP contribution in [-0.4, -0.2) is 12.0 Å². The summed E-state index contributed by atoms with van der Waals surface area (Å²) in [5.41, 5.74) is 9.67. The fourth-order valence-corrected chi connectivity index (χ4v) is 2.02. The van der Waals surface area contributed by atoms with Crippen molar-refractivity contribution in [3.8, 4) is 0 Å². The maximum absolute atomic E-state index is 11.5. The lowest BCUT2D eigenvalue weighted by Crippen LogP contribution is -2.26. The Balaban J connectivity index is 1.79. The van der Waals surface area contributed by atoms with Crippen molar-refractivity contribution in [2.75, 3.05) is 5.73 Å². The Morgan fingerprint density at radius 2 is 2.17 bits per heavy atom. The summed E-state index contributed by atoms with van der Waals surface area (Å²) >= 11 is 0. The summed E-state index contributed by atoms with van der Waals surface area (Å²) in [6.07, 6.45) is 7.75. The van der Waals surface area contributed by atoms with Crippen LogP contribution in [0, 0.1) is 0 Å². The Morgan fingerprint density at radius 3 is 2.89 bits per heavy atom. The highest BCUT2D eigenvalue weighted by Gasteiger charge is 2.16. The Morgan fingerprint density at radius 1 is 1.39 bits per heavy atom. The predicted octanol–water partition coefficient (Wildman–Crippen LogP) is 2.27. The molecule has 1 amide bonds. The van der Waals surface area contributed by atoms with Crippen LogP contribution in [0.2, 0.25) is 0 Å². The standard InChI is InChI=1S/C14H18N2O2/c15-12-5-3-4-11(10-12)8-9-14(17)16-18-13-6-1-2-7-13/h3-5,8-10,13H,1-2,6-7,15H2,(H,16,17)/b9-8+. The maximum atomic E-state index is 11.5. The van der Waals surface area contributed by atoms with E-state index < -0.39 is 0 Å². The molecular formula is C14H18N2O2. The van der Waals surface area contributed by atoms with Crippen molar-refractivity contribution in [2.45, 2.75) is 31.8 Å². The molecule has 4 heteroatoms. The SMILES string of the molecule is Nc1cccc(/C=C/C(=O)NOC2CCCC2)c1. The number of carbonyl (C=O) groups excluding carboxylic acids is 1. The number of hydrogen-bond donors (Lipinski definition) is 2. The van der Waals surface area contributed by atoms with E-state index in [1.807, 2.05) is 18.2 Å². The summed E-state index contributed by atoms with van der Waals surface area (Å²) in [5.74, 6) is -0.246. The molecule has 0 spiro atoms. The van der Waals surface area contributed by atoms with Gasteiger partial charge in [-0.05, 0) is 36.6 Å². The van der Waals surface area contributed by atoms with Gasteiger partial charge in [0.25, 0.3) is 5.91 Å². The van der Waals surface area contributed by atoms with Crippen LogP contribution in [0.1, 0.15) is 31.2 Å². The molecule has 0 atom stereocenters. The van der Waals surface area contributed by atoms with Gasteiger partial charge < -0.3 is 5.73 Å². The van der Waals surface area contributed by atoms with Gasteiger partial charge in [-0.2, -0.15) is 0 Å². The van der Waals surface area contributed by atoms with E-state index in [1.54, 1.807) is 12.1 Å². The van der Waals surface area contributed by atoms with Crippen LogP contribution in [-0.2, 0) is 9.63 Å². The van der Waals surface area contributed by atoms with Crippen LogP contribution in [0.3, 0.4) is 0 Å². The minimum atomic E-state index is -0.246. The van der Waals surface area contributed by atoms with Crippen molar-refractivity contribution in [1.82, 2.24) is 5.48 Å². The molecule has 1 fully saturated rings. The summed E-state index contributed by atoms with van der Waals surface area (Å²) in [6, 6.07) is 7.35. The molecule has 0 radical (unpaired) electrons. The van der Waals surface area contributed by atoms with Gasteiger partial charge in [0, 0.05) is 11.8 Å². The van der Waals surface area contributed by atoms with Crippen LogP contribution in [0.25, 0.3) is 6.08 Å². The molecule has 0 saturated heterocycles. The molecule has 1 aromatic rings. The van der Waals surface area contributed by atoms with E-state index in [0.717, 1.165) is 18.4 Å². The first kappa shape index (κ1) is 12.6. The molecular weight excluding hydrogens is 228 g/mol. The molecule has 1 saturated carbocycles. The number of carbonyl (C=O) groups is 1. The molecule has 4 nitrogen and oxygen atoms in total. The average Bonchev–Trinajstić information content (AvgIpc) is 2.87. The molecule has 18 heavy (non-hydrogen) atoms. The maximum Gasteiger partial charge on any atom is 0.267 e. The molecule has 1 aliphatic rings. The van der Waals surface area contributed by atoms with Crippen LogP contribution in [0.15, 0.2) is 30.3 Å². The van der Waals surface area contributed by atoms with Gasteiger partial charge in [-0.3, -0.25) is 9.63 Å². The third kappa shape index (κ3) is 3.89. The van der Waals surface area contributed by atoms with E-state index in [-0.39, 0.29) is 12.0 Å². The summed E-state index contributed by atoms with van der Waals surface area (Å²) in [6.45, 7) is 0. The quantitative estimate of drug-likeness (QED) is 0.486. The van der Waals surface area contributed by atoms with Crippen LogP contribution < -0.4 is 11.2 Å². The number of rotatable bonds is 4. The molecule has 3 N–H and O–H groups in total. The predicted molar refractivity (Wildman–Crippen MR) is 71.4 cm³/mol. The van der Waals surface area contributed by atoms with Crippen molar-refractivity contribution >= 4 is 17.7 Å². The van der Waals surface area contributed by atoms with Gasteiger partial charge in [-0.25, -0.2) is 5.48 Å². The second-order valence-electron chi connectivity index (χ2n) is 4.49. The Labute approximate surface area is 107 Å². The molecule has 0 unspecified atom stereocenters. The van der Waals surface area contributed by atoms with Gasteiger partial charge in [-0.15, -0.1) is 0 Å². The molecule has 0 heterocycles. The van der Waals surface area contributed by atoms with Crippen LogP contribution >= 0.6 is 0 Å². The van der Waals surface area contributed by atoms with Crippen molar-refractivity contribution in [3.05, 3.63) is 35.9 Å². The van der Waals surface area contributed by atoms with Crippen molar-refractivity contribution in [2.24, 2.45) is 0 Å². The third-order valence-electron chi connectivity index (χ3n) is 2.97. The highest BCUT2D eigenvalue weighted by molar-refractivity contribution is 5.91. The first-order valence-corrected chi connectivity index (χ1v) is 6.23. The summed E-state index contributed by atoms with van der Waals surface area (Å²) in [5, 5.41) is 0. The third-order valence-corrected chi connectivity index (χ3v) is 2.97. The zero-order chi connectivity index (χ0) is 12.8. The smallest absolute Gasteiger partial charge is 0.267 e. The molecule has 0 aromatic heterocycles. The van der Waals surface area contributed by atoms with E-state index in [9.17, 15) is 4.79 Å². The zero-order valence-corrected chi connectivity index (χ0v) is 10.3. The topological polar surface area (TPSA) is 64.4 Å². The summed E-state index contributed by atoms with van der Waals surface area (Å²) in [7, 11) is 0. The fourth-order valence-electron chi connectivity index (χ4n) is 2.02. The number of amides is 1.